The summed E-state index contributed by atoms with van der Waals surface area (Å²) < 4.78 is 5.54. The first-order chi connectivity index (χ1) is 9.95. The van der Waals surface area contributed by atoms with E-state index in [-0.39, 0.29) is 11.7 Å². The minimum atomic E-state index is -0.669. The number of nitrogens with one attached hydrogen (secondary N) is 1. The first kappa shape index (κ1) is 15.2. The van der Waals surface area contributed by atoms with Crippen molar-refractivity contribution in [2.45, 2.75) is 20.0 Å². The molecule has 0 aliphatic heterocycles. The van der Waals surface area contributed by atoms with Crippen LogP contribution in [0.5, 0.6) is 11.5 Å². The van der Waals surface area contributed by atoms with Gasteiger partial charge in [-0.25, -0.2) is 0 Å². The molecular weight excluding hydrogens is 290 g/mol. The third-order valence-electron chi connectivity index (χ3n) is 2.94. The van der Waals surface area contributed by atoms with E-state index in [0.717, 1.165) is 0 Å². The molecule has 5 heteroatoms. The molecule has 0 saturated heterocycles. The van der Waals surface area contributed by atoms with Crippen LogP contribution in [-0.4, -0.2) is 17.1 Å². The van der Waals surface area contributed by atoms with E-state index in [1.54, 1.807) is 50.2 Å². The van der Waals surface area contributed by atoms with Gasteiger partial charge in [-0.05, 0) is 55.8 Å². The van der Waals surface area contributed by atoms with Crippen LogP contribution in [0.4, 0.5) is 5.69 Å². The topological polar surface area (TPSA) is 58.6 Å². The van der Waals surface area contributed by atoms with Gasteiger partial charge in [0.25, 0.3) is 5.91 Å². The molecule has 0 fully saturated rings. The van der Waals surface area contributed by atoms with Gasteiger partial charge in [-0.1, -0.05) is 17.7 Å². The summed E-state index contributed by atoms with van der Waals surface area (Å²) in [5.74, 6) is 0.448. The van der Waals surface area contributed by atoms with E-state index >= 15 is 0 Å². The number of benzene rings is 2. The zero-order valence-electron chi connectivity index (χ0n) is 11.8. The fourth-order valence-electron chi connectivity index (χ4n) is 1.78. The molecule has 2 rings (SSSR count). The summed E-state index contributed by atoms with van der Waals surface area (Å²) in [6.45, 7) is 3.42. The maximum absolute atomic E-state index is 12.1. The van der Waals surface area contributed by atoms with Crippen molar-refractivity contribution in [3.8, 4) is 11.5 Å². The number of rotatable bonds is 4. The van der Waals surface area contributed by atoms with Gasteiger partial charge in [-0.3, -0.25) is 4.79 Å². The van der Waals surface area contributed by atoms with Crippen molar-refractivity contribution in [1.29, 1.82) is 0 Å². The maximum Gasteiger partial charge on any atom is 0.265 e. The monoisotopic (exact) mass is 305 g/mol. The Hall–Kier alpha value is -2.20. The third kappa shape index (κ3) is 4.13. The molecule has 1 atom stereocenters. The lowest BCUT2D eigenvalue weighted by Gasteiger charge is -2.15. The van der Waals surface area contributed by atoms with Crippen molar-refractivity contribution in [3.05, 3.63) is 53.1 Å². The molecule has 2 aromatic rings. The molecule has 0 aliphatic carbocycles. The Kier molecular flexibility index (Phi) is 4.70. The highest BCUT2D eigenvalue weighted by atomic mass is 35.5. The van der Waals surface area contributed by atoms with Crippen LogP contribution in [0.1, 0.15) is 12.5 Å². The van der Waals surface area contributed by atoms with Gasteiger partial charge in [0, 0.05) is 10.7 Å². The van der Waals surface area contributed by atoms with Crippen LogP contribution >= 0.6 is 11.6 Å². The van der Waals surface area contributed by atoms with Gasteiger partial charge in [0.1, 0.15) is 11.5 Å². The van der Waals surface area contributed by atoms with Gasteiger partial charge >= 0.3 is 0 Å². The number of phenolic OH excluding ortho intramolecular Hbond substituents is 1. The van der Waals surface area contributed by atoms with Gasteiger partial charge in [0.05, 0.1) is 0 Å². The summed E-state index contributed by atoms with van der Waals surface area (Å²) in [6.07, 6.45) is -0.669. The van der Waals surface area contributed by atoms with Crippen LogP contribution in [0, 0.1) is 6.92 Å². The fourth-order valence-corrected chi connectivity index (χ4v) is 1.96. The van der Waals surface area contributed by atoms with Crippen molar-refractivity contribution < 1.29 is 14.6 Å². The normalized spacial score (nSPS) is 11.8. The molecular formula is C16H16ClNO3. The van der Waals surface area contributed by atoms with Crippen LogP contribution in [0.25, 0.3) is 0 Å². The van der Waals surface area contributed by atoms with E-state index in [1.807, 2.05) is 0 Å². The number of halogens is 1. The smallest absolute Gasteiger partial charge is 0.265 e. The standard InChI is InChI=1S/C16H16ClNO3/c1-10-8-13(6-7-15(10)19)18-16(20)11(2)21-14-5-3-4-12(17)9-14/h3-9,11,19H,1-2H3,(H,18,20). The van der Waals surface area contributed by atoms with Crippen molar-refractivity contribution in [1.82, 2.24) is 0 Å². The summed E-state index contributed by atoms with van der Waals surface area (Å²) in [6, 6.07) is 11.7. The van der Waals surface area contributed by atoms with Gasteiger partial charge in [-0.2, -0.15) is 0 Å². The summed E-state index contributed by atoms with van der Waals surface area (Å²) in [4.78, 5) is 12.1. The Labute approximate surface area is 128 Å². The molecule has 0 aromatic heterocycles. The summed E-state index contributed by atoms with van der Waals surface area (Å²) in [5.41, 5.74) is 1.30. The van der Waals surface area contributed by atoms with E-state index in [4.69, 9.17) is 16.3 Å². The second kappa shape index (κ2) is 6.50. The number of phenols is 1. The lowest BCUT2D eigenvalue weighted by molar-refractivity contribution is -0.122. The highest BCUT2D eigenvalue weighted by molar-refractivity contribution is 6.30. The number of ether oxygens (including phenoxy) is 1. The van der Waals surface area contributed by atoms with Crippen LogP contribution in [0.15, 0.2) is 42.5 Å². The highest BCUT2D eigenvalue weighted by Gasteiger charge is 2.15. The molecule has 1 amide bonds. The molecule has 2 N–H and O–H groups in total. The largest absolute Gasteiger partial charge is 0.508 e. The number of anilines is 1. The Morgan fingerprint density at radius 3 is 2.71 bits per heavy atom. The van der Waals surface area contributed by atoms with Gasteiger partial charge in [-0.15, -0.1) is 0 Å². The molecule has 21 heavy (non-hydrogen) atoms. The lowest BCUT2D eigenvalue weighted by Crippen LogP contribution is -2.30. The van der Waals surface area contributed by atoms with E-state index in [9.17, 15) is 9.90 Å². The molecule has 0 heterocycles. The van der Waals surface area contributed by atoms with Crippen molar-refractivity contribution in [2.24, 2.45) is 0 Å². The second-order valence-corrected chi connectivity index (χ2v) is 5.14. The molecule has 0 radical (unpaired) electrons. The molecule has 0 bridgehead atoms. The fraction of sp³-hybridized carbons (Fsp3) is 0.188. The van der Waals surface area contributed by atoms with Crippen LogP contribution in [-0.2, 0) is 4.79 Å². The van der Waals surface area contributed by atoms with E-state index in [0.29, 0.717) is 22.0 Å². The number of hydrogen-bond acceptors (Lipinski definition) is 3. The minimum absolute atomic E-state index is 0.191. The summed E-state index contributed by atoms with van der Waals surface area (Å²) >= 11 is 5.87. The first-order valence-electron chi connectivity index (χ1n) is 6.48. The van der Waals surface area contributed by atoms with Gasteiger partial charge in [0.15, 0.2) is 6.10 Å². The Balaban J connectivity index is 2.00. The number of carbonyl (C=O) groups is 1. The van der Waals surface area contributed by atoms with Crippen LogP contribution in [0.3, 0.4) is 0 Å². The molecule has 0 aliphatic rings. The van der Waals surface area contributed by atoms with Crippen molar-refractivity contribution in [2.75, 3.05) is 5.32 Å². The van der Waals surface area contributed by atoms with Gasteiger partial charge in [0.2, 0.25) is 0 Å². The average Bonchev–Trinajstić information content (AvgIpc) is 2.43. The molecule has 0 spiro atoms. The number of hydrogen-bond donors (Lipinski definition) is 2. The van der Waals surface area contributed by atoms with Gasteiger partial charge < -0.3 is 15.2 Å². The Morgan fingerprint density at radius 2 is 2.05 bits per heavy atom. The molecule has 2 aromatic carbocycles. The molecule has 0 saturated carbocycles. The zero-order chi connectivity index (χ0) is 15.4. The summed E-state index contributed by atoms with van der Waals surface area (Å²) in [7, 11) is 0. The third-order valence-corrected chi connectivity index (χ3v) is 3.18. The van der Waals surface area contributed by atoms with E-state index in [2.05, 4.69) is 5.32 Å². The molecule has 1 unspecified atom stereocenters. The van der Waals surface area contributed by atoms with Crippen LogP contribution in [0.2, 0.25) is 5.02 Å². The predicted molar refractivity (Wildman–Crippen MR) is 83.0 cm³/mol. The van der Waals surface area contributed by atoms with Crippen molar-refractivity contribution in [3.63, 3.8) is 0 Å². The molecule has 110 valence electrons. The maximum atomic E-state index is 12.1. The first-order valence-corrected chi connectivity index (χ1v) is 6.86. The quantitative estimate of drug-likeness (QED) is 0.846. The minimum Gasteiger partial charge on any atom is -0.508 e. The Morgan fingerprint density at radius 1 is 1.29 bits per heavy atom. The number of carbonyl (C=O) groups excluding carboxylic acids is 1. The van der Waals surface area contributed by atoms with E-state index in [1.165, 1.54) is 6.07 Å². The summed E-state index contributed by atoms with van der Waals surface area (Å²) in [5, 5.41) is 12.7. The number of amides is 1. The number of aromatic hydroxyl groups is 1. The second-order valence-electron chi connectivity index (χ2n) is 4.71. The molecule has 4 nitrogen and oxygen atoms in total. The predicted octanol–water partition coefficient (Wildman–Crippen LogP) is 3.76. The SMILES string of the molecule is Cc1cc(NC(=O)C(C)Oc2cccc(Cl)c2)ccc1O. The number of aryl methyl sites for hydroxylation is 1. The van der Waals surface area contributed by atoms with E-state index < -0.39 is 6.10 Å². The van der Waals surface area contributed by atoms with Crippen molar-refractivity contribution >= 4 is 23.2 Å². The van der Waals surface area contributed by atoms with Crippen LogP contribution < -0.4 is 10.1 Å². The lowest BCUT2D eigenvalue weighted by atomic mass is 10.2. The zero-order valence-corrected chi connectivity index (χ0v) is 12.5. The Bertz CT molecular complexity index is 658. The average molecular weight is 306 g/mol. The highest BCUT2D eigenvalue weighted by Crippen LogP contribution is 2.21.